The highest BCUT2D eigenvalue weighted by atomic mass is 16.1. The SMILES string of the molecule is CCCNC(=O)c1cnc(NCCC(C)C)nc1. The van der Waals surface area contributed by atoms with Crippen molar-refractivity contribution in [3.8, 4) is 0 Å². The number of nitrogens with zero attached hydrogens (tertiary/aromatic N) is 2. The molecule has 0 aromatic carbocycles. The van der Waals surface area contributed by atoms with Gasteiger partial charge >= 0.3 is 0 Å². The maximum absolute atomic E-state index is 11.6. The molecule has 5 nitrogen and oxygen atoms in total. The Balaban J connectivity index is 2.44. The number of amides is 1. The molecule has 0 bridgehead atoms. The monoisotopic (exact) mass is 250 g/mol. The average molecular weight is 250 g/mol. The number of carbonyl (C=O) groups excluding carboxylic acids is 1. The molecule has 0 aliphatic heterocycles. The zero-order chi connectivity index (χ0) is 13.4. The smallest absolute Gasteiger partial charge is 0.254 e. The van der Waals surface area contributed by atoms with Gasteiger partial charge in [0.15, 0.2) is 0 Å². The van der Waals surface area contributed by atoms with Gasteiger partial charge in [-0.3, -0.25) is 4.79 Å². The lowest BCUT2D eigenvalue weighted by Crippen LogP contribution is -2.24. The van der Waals surface area contributed by atoms with E-state index < -0.39 is 0 Å². The van der Waals surface area contributed by atoms with Gasteiger partial charge in [0, 0.05) is 25.5 Å². The topological polar surface area (TPSA) is 66.9 Å². The van der Waals surface area contributed by atoms with Gasteiger partial charge in [-0.2, -0.15) is 0 Å². The third-order valence-corrected chi connectivity index (χ3v) is 2.45. The van der Waals surface area contributed by atoms with E-state index in [1.807, 2.05) is 6.92 Å². The molecule has 0 aliphatic carbocycles. The van der Waals surface area contributed by atoms with E-state index in [1.165, 1.54) is 0 Å². The molecular weight excluding hydrogens is 228 g/mol. The molecule has 100 valence electrons. The second kappa shape index (κ2) is 7.63. The zero-order valence-corrected chi connectivity index (χ0v) is 11.4. The molecule has 0 atom stereocenters. The van der Waals surface area contributed by atoms with Crippen molar-refractivity contribution in [2.75, 3.05) is 18.4 Å². The van der Waals surface area contributed by atoms with Crippen molar-refractivity contribution in [2.24, 2.45) is 5.92 Å². The summed E-state index contributed by atoms with van der Waals surface area (Å²) in [4.78, 5) is 19.8. The van der Waals surface area contributed by atoms with Gasteiger partial charge in [0.05, 0.1) is 5.56 Å². The van der Waals surface area contributed by atoms with Crippen molar-refractivity contribution in [3.63, 3.8) is 0 Å². The van der Waals surface area contributed by atoms with Crippen LogP contribution >= 0.6 is 0 Å². The second-order valence-corrected chi connectivity index (χ2v) is 4.66. The summed E-state index contributed by atoms with van der Waals surface area (Å²) in [5, 5.41) is 5.92. The highest BCUT2D eigenvalue weighted by Gasteiger charge is 2.05. The van der Waals surface area contributed by atoms with Gasteiger partial charge in [-0.1, -0.05) is 20.8 Å². The Bertz CT molecular complexity index is 362. The van der Waals surface area contributed by atoms with Gasteiger partial charge in [-0.25, -0.2) is 9.97 Å². The maximum Gasteiger partial charge on any atom is 0.254 e. The molecule has 2 N–H and O–H groups in total. The lowest BCUT2D eigenvalue weighted by Gasteiger charge is -2.07. The number of aromatic nitrogens is 2. The summed E-state index contributed by atoms with van der Waals surface area (Å²) >= 11 is 0. The van der Waals surface area contributed by atoms with Crippen LogP contribution in [0.15, 0.2) is 12.4 Å². The summed E-state index contributed by atoms with van der Waals surface area (Å²) in [5.41, 5.74) is 0.498. The molecular formula is C13H22N4O. The van der Waals surface area contributed by atoms with Gasteiger partial charge in [-0.05, 0) is 18.8 Å². The van der Waals surface area contributed by atoms with Crippen LogP contribution in [-0.4, -0.2) is 29.0 Å². The van der Waals surface area contributed by atoms with Crippen molar-refractivity contribution < 1.29 is 4.79 Å². The van der Waals surface area contributed by atoms with Crippen LogP contribution in [0.3, 0.4) is 0 Å². The van der Waals surface area contributed by atoms with Crippen molar-refractivity contribution in [1.29, 1.82) is 0 Å². The lowest BCUT2D eigenvalue weighted by atomic mass is 10.1. The molecule has 5 heteroatoms. The summed E-state index contributed by atoms with van der Waals surface area (Å²) in [7, 11) is 0. The third kappa shape index (κ3) is 5.12. The summed E-state index contributed by atoms with van der Waals surface area (Å²) in [6, 6.07) is 0. The van der Waals surface area contributed by atoms with Crippen LogP contribution in [0.2, 0.25) is 0 Å². The standard InChI is InChI=1S/C13H22N4O/c1-4-6-14-12(18)11-8-16-13(17-9-11)15-7-5-10(2)3/h8-10H,4-7H2,1-3H3,(H,14,18)(H,15,16,17). The van der Waals surface area contributed by atoms with Gasteiger partial charge in [0.2, 0.25) is 5.95 Å². The largest absolute Gasteiger partial charge is 0.354 e. The number of hydrogen-bond donors (Lipinski definition) is 2. The third-order valence-electron chi connectivity index (χ3n) is 2.45. The Morgan fingerprint density at radius 2 is 1.94 bits per heavy atom. The maximum atomic E-state index is 11.6. The molecule has 0 fully saturated rings. The van der Waals surface area contributed by atoms with E-state index in [0.29, 0.717) is 24.0 Å². The van der Waals surface area contributed by atoms with Crippen molar-refractivity contribution >= 4 is 11.9 Å². The van der Waals surface area contributed by atoms with Crippen LogP contribution in [0.5, 0.6) is 0 Å². The normalized spacial score (nSPS) is 10.4. The zero-order valence-electron chi connectivity index (χ0n) is 11.4. The number of anilines is 1. The lowest BCUT2D eigenvalue weighted by molar-refractivity contribution is 0.0953. The second-order valence-electron chi connectivity index (χ2n) is 4.66. The van der Waals surface area contributed by atoms with E-state index in [-0.39, 0.29) is 5.91 Å². The van der Waals surface area contributed by atoms with Crippen molar-refractivity contribution in [3.05, 3.63) is 18.0 Å². The molecule has 0 saturated carbocycles. The van der Waals surface area contributed by atoms with E-state index >= 15 is 0 Å². The first kappa shape index (κ1) is 14.4. The first-order valence-electron chi connectivity index (χ1n) is 6.47. The first-order valence-corrected chi connectivity index (χ1v) is 6.47. The van der Waals surface area contributed by atoms with E-state index in [9.17, 15) is 4.79 Å². The number of carbonyl (C=O) groups is 1. The molecule has 1 aromatic rings. The Morgan fingerprint density at radius 1 is 1.28 bits per heavy atom. The van der Waals surface area contributed by atoms with Crippen molar-refractivity contribution in [2.45, 2.75) is 33.6 Å². The summed E-state index contributed by atoms with van der Waals surface area (Å²) in [6.07, 6.45) is 5.09. The van der Waals surface area contributed by atoms with Gasteiger partial charge in [0.1, 0.15) is 0 Å². The Labute approximate surface area is 108 Å². The molecule has 0 saturated heterocycles. The first-order chi connectivity index (χ1) is 8.63. The van der Waals surface area contributed by atoms with E-state index in [4.69, 9.17) is 0 Å². The number of rotatable bonds is 7. The van der Waals surface area contributed by atoms with Crippen LogP contribution in [0, 0.1) is 5.92 Å². The van der Waals surface area contributed by atoms with E-state index in [2.05, 4.69) is 34.4 Å². The Kier molecular flexibility index (Phi) is 6.11. The fraction of sp³-hybridized carbons (Fsp3) is 0.615. The molecule has 0 unspecified atom stereocenters. The fourth-order valence-electron chi connectivity index (χ4n) is 1.35. The molecule has 0 aliphatic rings. The van der Waals surface area contributed by atoms with Crippen molar-refractivity contribution in [1.82, 2.24) is 15.3 Å². The number of nitrogens with one attached hydrogen (secondary N) is 2. The minimum absolute atomic E-state index is 0.120. The summed E-state index contributed by atoms with van der Waals surface area (Å²) in [5.74, 6) is 1.10. The van der Waals surface area contributed by atoms with Crippen LogP contribution < -0.4 is 10.6 Å². The summed E-state index contributed by atoms with van der Waals surface area (Å²) < 4.78 is 0. The Morgan fingerprint density at radius 3 is 2.50 bits per heavy atom. The molecule has 1 aromatic heterocycles. The predicted molar refractivity (Wildman–Crippen MR) is 72.6 cm³/mol. The quantitative estimate of drug-likeness (QED) is 0.777. The molecule has 1 heterocycles. The minimum Gasteiger partial charge on any atom is -0.354 e. The molecule has 0 radical (unpaired) electrons. The molecule has 1 amide bonds. The van der Waals surface area contributed by atoms with Crippen LogP contribution in [0.4, 0.5) is 5.95 Å². The predicted octanol–water partition coefficient (Wildman–Crippen LogP) is 2.07. The van der Waals surface area contributed by atoms with E-state index in [1.54, 1.807) is 12.4 Å². The van der Waals surface area contributed by atoms with E-state index in [0.717, 1.165) is 19.4 Å². The van der Waals surface area contributed by atoms with Gasteiger partial charge < -0.3 is 10.6 Å². The fourth-order valence-corrected chi connectivity index (χ4v) is 1.35. The minimum atomic E-state index is -0.120. The van der Waals surface area contributed by atoms with Gasteiger partial charge in [-0.15, -0.1) is 0 Å². The molecule has 18 heavy (non-hydrogen) atoms. The summed E-state index contributed by atoms with van der Waals surface area (Å²) in [6.45, 7) is 7.87. The van der Waals surface area contributed by atoms with Crippen LogP contribution in [0.1, 0.15) is 44.0 Å². The molecule has 0 spiro atoms. The van der Waals surface area contributed by atoms with Gasteiger partial charge in [0.25, 0.3) is 5.91 Å². The highest BCUT2D eigenvalue weighted by Crippen LogP contribution is 2.03. The Hall–Kier alpha value is -1.65. The number of hydrogen-bond acceptors (Lipinski definition) is 4. The van der Waals surface area contributed by atoms with Crippen LogP contribution in [-0.2, 0) is 0 Å². The van der Waals surface area contributed by atoms with Crippen LogP contribution in [0.25, 0.3) is 0 Å². The average Bonchev–Trinajstić information content (AvgIpc) is 2.36. The highest BCUT2D eigenvalue weighted by molar-refractivity contribution is 5.93. The molecule has 1 rings (SSSR count).